The molecule has 1 aliphatic carbocycles. The normalized spacial score (nSPS) is 19.7. The molecule has 1 amide bonds. The third-order valence-corrected chi connectivity index (χ3v) is 6.63. The van der Waals surface area contributed by atoms with Gasteiger partial charge in [0.2, 0.25) is 10.0 Å². The number of hydrogen-bond acceptors (Lipinski definition) is 5. The fourth-order valence-corrected chi connectivity index (χ4v) is 4.80. The summed E-state index contributed by atoms with van der Waals surface area (Å²) in [6.45, 7) is 0. The molecule has 0 radical (unpaired) electrons. The van der Waals surface area contributed by atoms with Crippen LogP contribution in [-0.2, 0) is 10.0 Å². The number of nitrogen functional groups attached to an aromatic ring is 1. The van der Waals surface area contributed by atoms with Gasteiger partial charge in [-0.25, -0.2) is 17.5 Å². The van der Waals surface area contributed by atoms with E-state index < -0.39 is 27.9 Å². The molecule has 29 heavy (non-hydrogen) atoms. The van der Waals surface area contributed by atoms with Crippen molar-refractivity contribution in [3.8, 4) is 0 Å². The third-order valence-electron chi connectivity index (χ3n) is 4.76. The van der Waals surface area contributed by atoms with Gasteiger partial charge in [-0.2, -0.15) is 0 Å². The number of aliphatic hydroxyl groups is 1. The molecule has 1 aliphatic rings. The summed E-state index contributed by atoms with van der Waals surface area (Å²) in [5.41, 5.74) is 6.18. The Morgan fingerprint density at radius 3 is 2.48 bits per heavy atom. The van der Waals surface area contributed by atoms with Gasteiger partial charge in [-0.05, 0) is 62.1 Å². The lowest BCUT2D eigenvalue weighted by molar-refractivity contribution is 0.102. The standard InChI is InChI=1S/C19H21ClFN3O4S/c20-15-10-13(4-7-16(15)21)23-19(26)11-1-8-17(22)18(9-11)29(27,28)24-12-2-5-14(25)6-3-12/h1,4,7-10,12,14,24-25H,2-3,5-6,22H2,(H,23,26)/t12-,14-. The first-order chi connectivity index (χ1) is 13.7. The molecule has 0 heterocycles. The molecular weight excluding hydrogens is 421 g/mol. The number of rotatable bonds is 5. The van der Waals surface area contributed by atoms with Crippen LogP contribution in [0.5, 0.6) is 0 Å². The van der Waals surface area contributed by atoms with Gasteiger partial charge in [-0.1, -0.05) is 11.6 Å². The molecule has 1 fully saturated rings. The van der Waals surface area contributed by atoms with Gasteiger partial charge in [0.25, 0.3) is 5.91 Å². The van der Waals surface area contributed by atoms with Gasteiger partial charge < -0.3 is 16.2 Å². The number of nitrogens with two attached hydrogens (primary N) is 1. The van der Waals surface area contributed by atoms with E-state index in [0.717, 1.165) is 6.07 Å². The summed E-state index contributed by atoms with van der Waals surface area (Å²) in [5, 5.41) is 12.0. The summed E-state index contributed by atoms with van der Waals surface area (Å²) in [4.78, 5) is 12.3. The van der Waals surface area contributed by atoms with Crippen molar-refractivity contribution in [2.45, 2.75) is 42.7 Å². The highest BCUT2D eigenvalue weighted by molar-refractivity contribution is 7.89. The largest absolute Gasteiger partial charge is 0.398 e. The van der Waals surface area contributed by atoms with Crippen LogP contribution in [-0.4, -0.2) is 31.6 Å². The van der Waals surface area contributed by atoms with Crippen molar-refractivity contribution in [3.05, 3.63) is 52.8 Å². The van der Waals surface area contributed by atoms with Crippen LogP contribution in [0.15, 0.2) is 41.3 Å². The van der Waals surface area contributed by atoms with Gasteiger partial charge in [0.05, 0.1) is 16.8 Å². The van der Waals surface area contributed by atoms with Crippen molar-refractivity contribution in [3.63, 3.8) is 0 Å². The van der Waals surface area contributed by atoms with E-state index in [0.29, 0.717) is 25.7 Å². The lowest BCUT2D eigenvalue weighted by Crippen LogP contribution is -2.38. The Kier molecular flexibility index (Phi) is 6.42. The number of carbonyl (C=O) groups is 1. The summed E-state index contributed by atoms with van der Waals surface area (Å²) >= 11 is 5.70. The molecule has 3 rings (SSSR count). The van der Waals surface area contributed by atoms with E-state index in [1.807, 2.05) is 0 Å². The Labute approximate surface area is 173 Å². The summed E-state index contributed by atoms with van der Waals surface area (Å²) in [5.74, 6) is -1.21. The minimum Gasteiger partial charge on any atom is -0.398 e. The van der Waals surface area contributed by atoms with Crippen LogP contribution < -0.4 is 15.8 Å². The molecule has 10 heteroatoms. The number of amides is 1. The Bertz CT molecular complexity index is 1020. The van der Waals surface area contributed by atoms with Gasteiger partial charge in [-0.15, -0.1) is 0 Å². The van der Waals surface area contributed by atoms with Crippen molar-refractivity contribution >= 4 is 38.9 Å². The first-order valence-corrected chi connectivity index (χ1v) is 10.9. The maximum Gasteiger partial charge on any atom is 0.255 e. The van der Waals surface area contributed by atoms with Crippen LogP contribution in [0.3, 0.4) is 0 Å². The molecule has 0 bridgehead atoms. The molecule has 2 aromatic rings. The van der Waals surface area contributed by atoms with E-state index in [1.165, 1.54) is 30.3 Å². The number of aliphatic hydroxyl groups excluding tert-OH is 1. The number of nitrogens with one attached hydrogen (secondary N) is 2. The first-order valence-electron chi connectivity index (χ1n) is 9.02. The van der Waals surface area contributed by atoms with Gasteiger partial charge in [0.1, 0.15) is 10.7 Å². The molecule has 1 saturated carbocycles. The average molecular weight is 442 g/mol. The quantitative estimate of drug-likeness (QED) is 0.531. The molecule has 0 spiro atoms. The molecule has 0 unspecified atom stereocenters. The van der Waals surface area contributed by atoms with Gasteiger partial charge in [0, 0.05) is 17.3 Å². The monoisotopic (exact) mass is 441 g/mol. The molecule has 0 saturated heterocycles. The van der Waals surface area contributed by atoms with Crippen LogP contribution >= 0.6 is 11.6 Å². The van der Waals surface area contributed by atoms with Crippen molar-refractivity contribution < 1.29 is 22.7 Å². The molecular formula is C19H21ClFN3O4S. The van der Waals surface area contributed by atoms with E-state index in [9.17, 15) is 22.7 Å². The SMILES string of the molecule is Nc1ccc(C(=O)Nc2ccc(F)c(Cl)c2)cc1S(=O)(=O)N[C@H]1CC[C@H](O)CC1. The molecule has 2 aromatic carbocycles. The van der Waals surface area contributed by atoms with Crippen molar-refractivity contribution in [2.75, 3.05) is 11.1 Å². The van der Waals surface area contributed by atoms with E-state index in [4.69, 9.17) is 17.3 Å². The third kappa shape index (κ3) is 5.24. The van der Waals surface area contributed by atoms with E-state index in [1.54, 1.807) is 0 Å². The lowest BCUT2D eigenvalue weighted by atomic mass is 9.94. The maximum atomic E-state index is 13.3. The molecule has 0 aliphatic heterocycles. The Hall–Kier alpha value is -2.20. The minimum atomic E-state index is -3.96. The van der Waals surface area contributed by atoms with Crippen molar-refractivity contribution in [1.82, 2.24) is 4.72 Å². The number of hydrogen-bond donors (Lipinski definition) is 4. The fraction of sp³-hybridized carbons (Fsp3) is 0.316. The van der Waals surface area contributed by atoms with E-state index in [2.05, 4.69) is 10.0 Å². The second-order valence-corrected chi connectivity index (χ2v) is 9.05. The molecule has 0 aromatic heterocycles. The predicted molar refractivity (Wildman–Crippen MR) is 109 cm³/mol. The topological polar surface area (TPSA) is 122 Å². The number of benzene rings is 2. The van der Waals surface area contributed by atoms with Gasteiger partial charge in [0.15, 0.2) is 0 Å². The summed E-state index contributed by atoms with van der Waals surface area (Å²) in [6.07, 6.45) is 1.67. The zero-order valence-corrected chi connectivity index (χ0v) is 16.9. The van der Waals surface area contributed by atoms with Crippen LogP contribution in [0.4, 0.5) is 15.8 Å². The zero-order valence-electron chi connectivity index (χ0n) is 15.4. The van der Waals surface area contributed by atoms with Crippen LogP contribution in [0.1, 0.15) is 36.0 Å². The minimum absolute atomic E-state index is 0.00900. The van der Waals surface area contributed by atoms with E-state index >= 15 is 0 Å². The molecule has 0 atom stereocenters. The second kappa shape index (κ2) is 8.66. The van der Waals surface area contributed by atoms with E-state index in [-0.39, 0.29) is 32.9 Å². The highest BCUT2D eigenvalue weighted by atomic mass is 35.5. The van der Waals surface area contributed by atoms with Crippen LogP contribution in [0.2, 0.25) is 5.02 Å². The predicted octanol–water partition coefficient (Wildman–Crippen LogP) is 2.90. The summed E-state index contributed by atoms with van der Waals surface area (Å²) in [6, 6.07) is 7.33. The number of carbonyl (C=O) groups excluding carboxylic acids is 1. The highest BCUT2D eigenvalue weighted by Gasteiger charge is 2.26. The van der Waals surface area contributed by atoms with Crippen molar-refractivity contribution in [2.24, 2.45) is 0 Å². The smallest absolute Gasteiger partial charge is 0.255 e. The fourth-order valence-electron chi connectivity index (χ4n) is 3.16. The highest BCUT2D eigenvalue weighted by Crippen LogP contribution is 2.25. The number of anilines is 2. The Balaban J connectivity index is 1.79. The summed E-state index contributed by atoms with van der Waals surface area (Å²) in [7, 11) is -3.96. The lowest BCUT2D eigenvalue weighted by Gasteiger charge is -2.26. The first kappa shape index (κ1) is 21.5. The van der Waals surface area contributed by atoms with Gasteiger partial charge in [-0.3, -0.25) is 4.79 Å². The van der Waals surface area contributed by atoms with Crippen molar-refractivity contribution in [1.29, 1.82) is 0 Å². The second-order valence-electron chi connectivity index (χ2n) is 6.96. The Morgan fingerprint density at radius 1 is 1.14 bits per heavy atom. The Morgan fingerprint density at radius 2 is 1.83 bits per heavy atom. The van der Waals surface area contributed by atoms with Gasteiger partial charge >= 0.3 is 0 Å². The van der Waals surface area contributed by atoms with Crippen LogP contribution in [0, 0.1) is 5.82 Å². The summed E-state index contributed by atoms with van der Waals surface area (Å²) < 4.78 is 41.4. The zero-order chi connectivity index (χ0) is 21.2. The maximum absolute atomic E-state index is 13.3. The molecule has 7 nitrogen and oxygen atoms in total. The molecule has 156 valence electrons. The average Bonchev–Trinajstić information content (AvgIpc) is 2.66. The van der Waals surface area contributed by atoms with Crippen LogP contribution in [0.25, 0.3) is 0 Å². The number of sulfonamides is 1. The molecule has 5 N–H and O–H groups in total. The number of halogens is 2.